The minimum Gasteiger partial charge on any atom is -0.495 e. The first kappa shape index (κ1) is 23.9. The lowest BCUT2D eigenvalue weighted by Gasteiger charge is -2.36. The summed E-state index contributed by atoms with van der Waals surface area (Å²) >= 11 is 3.14. The number of thioether (sulfide) groups is 1. The van der Waals surface area contributed by atoms with Crippen LogP contribution in [0.4, 0.5) is 5.69 Å². The molecule has 0 spiro atoms. The summed E-state index contributed by atoms with van der Waals surface area (Å²) in [5.41, 5.74) is 3.11. The zero-order chi connectivity index (χ0) is 24.7. The summed E-state index contributed by atoms with van der Waals surface area (Å²) in [5, 5.41) is 10.8. The van der Waals surface area contributed by atoms with Crippen molar-refractivity contribution >= 4 is 50.6 Å². The first-order valence-electron chi connectivity index (χ1n) is 11.8. The summed E-state index contributed by atoms with van der Waals surface area (Å²) < 4.78 is 7.55. The number of carbonyl (C=O) groups is 1. The van der Waals surface area contributed by atoms with Gasteiger partial charge in [0.05, 0.1) is 23.9 Å². The summed E-state index contributed by atoms with van der Waals surface area (Å²) in [5.74, 6) is 2.44. The maximum absolute atomic E-state index is 13.1. The van der Waals surface area contributed by atoms with Crippen molar-refractivity contribution in [1.82, 2.24) is 24.5 Å². The first-order chi connectivity index (χ1) is 16.9. The van der Waals surface area contributed by atoms with Gasteiger partial charge in [-0.15, -0.1) is 21.5 Å². The van der Waals surface area contributed by atoms with Crippen molar-refractivity contribution in [3.05, 3.63) is 40.5 Å². The van der Waals surface area contributed by atoms with E-state index in [1.165, 1.54) is 22.2 Å². The van der Waals surface area contributed by atoms with Gasteiger partial charge in [0.1, 0.15) is 16.4 Å². The molecule has 3 aromatic heterocycles. The Morgan fingerprint density at radius 2 is 1.89 bits per heavy atom. The Balaban J connectivity index is 1.31. The van der Waals surface area contributed by atoms with Gasteiger partial charge in [-0.3, -0.25) is 9.20 Å². The highest BCUT2D eigenvalue weighted by atomic mass is 32.2. The second-order valence-corrected chi connectivity index (χ2v) is 11.2. The molecule has 0 saturated carbocycles. The molecule has 1 aliphatic heterocycles. The Hall–Kier alpha value is -2.85. The number of hydrogen-bond acceptors (Lipinski definition) is 8. The van der Waals surface area contributed by atoms with Crippen molar-refractivity contribution in [3.8, 4) is 5.75 Å². The van der Waals surface area contributed by atoms with Crippen LogP contribution in [-0.2, 0) is 4.79 Å². The van der Waals surface area contributed by atoms with Gasteiger partial charge in [0.15, 0.2) is 10.8 Å². The van der Waals surface area contributed by atoms with Crippen LogP contribution in [0.15, 0.2) is 29.4 Å². The minimum absolute atomic E-state index is 0.120. The number of amides is 1. The second-order valence-electron chi connectivity index (χ2n) is 9.06. The Bertz CT molecular complexity index is 1390. The molecule has 35 heavy (non-hydrogen) atoms. The molecule has 0 atom stereocenters. The van der Waals surface area contributed by atoms with Gasteiger partial charge in [-0.25, -0.2) is 4.98 Å². The number of para-hydroxylation sites is 2. The summed E-state index contributed by atoms with van der Waals surface area (Å²) in [4.78, 5) is 24.5. The number of fused-ring (bicyclic) bond motifs is 3. The van der Waals surface area contributed by atoms with E-state index in [-0.39, 0.29) is 11.8 Å². The number of ether oxygens (including phenoxy) is 1. The van der Waals surface area contributed by atoms with Crippen LogP contribution in [0.3, 0.4) is 0 Å². The second kappa shape index (κ2) is 9.66. The zero-order valence-electron chi connectivity index (χ0n) is 20.7. The average molecular weight is 511 g/mol. The number of aryl methyl sites for hydroxylation is 2. The number of anilines is 1. The normalized spacial score (nSPS) is 14.5. The summed E-state index contributed by atoms with van der Waals surface area (Å²) in [6, 6.07) is 8.03. The molecule has 8 nitrogen and oxygen atoms in total. The van der Waals surface area contributed by atoms with Crippen LogP contribution < -0.4 is 9.64 Å². The van der Waals surface area contributed by atoms with Crippen molar-refractivity contribution in [2.24, 2.45) is 0 Å². The Morgan fingerprint density at radius 3 is 2.60 bits per heavy atom. The minimum atomic E-state index is 0.120. The van der Waals surface area contributed by atoms with E-state index in [4.69, 9.17) is 9.72 Å². The molecule has 0 unspecified atom stereocenters. The Kier molecular flexibility index (Phi) is 6.59. The van der Waals surface area contributed by atoms with Crippen molar-refractivity contribution in [1.29, 1.82) is 0 Å². The van der Waals surface area contributed by atoms with Crippen molar-refractivity contribution in [2.45, 2.75) is 38.8 Å². The van der Waals surface area contributed by atoms with Crippen LogP contribution in [0.1, 0.15) is 36.0 Å². The fourth-order valence-electron chi connectivity index (χ4n) is 4.53. The van der Waals surface area contributed by atoms with E-state index < -0.39 is 0 Å². The molecule has 1 aliphatic rings. The maximum atomic E-state index is 13.1. The highest BCUT2D eigenvalue weighted by Gasteiger charge is 2.25. The topological polar surface area (TPSA) is 75.9 Å². The maximum Gasteiger partial charge on any atom is 0.233 e. The quantitative estimate of drug-likeness (QED) is 0.353. The number of thiophene rings is 1. The number of nitrogens with zero attached hydrogens (tertiary/aromatic N) is 6. The molecular formula is C25H30N6O2S2. The first-order valence-corrected chi connectivity index (χ1v) is 13.6. The molecule has 1 fully saturated rings. The molecule has 0 radical (unpaired) electrons. The molecule has 4 aromatic rings. The van der Waals surface area contributed by atoms with E-state index >= 15 is 0 Å². The van der Waals surface area contributed by atoms with E-state index in [9.17, 15) is 4.79 Å². The fourth-order valence-corrected chi connectivity index (χ4v) is 6.40. The smallest absolute Gasteiger partial charge is 0.233 e. The molecule has 0 bridgehead atoms. The third-order valence-electron chi connectivity index (χ3n) is 6.57. The Morgan fingerprint density at radius 1 is 1.14 bits per heavy atom. The number of carbonyl (C=O) groups excluding carboxylic acids is 1. The van der Waals surface area contributed by atoms with Gasteiger partial charge in [0.25, 0.3) is 0 Å². The number of hydrogen-bond donors (Lipinski definition) is 0. The van der Waals surface area contributed by atoms with Gasteiger partial charge in [-0.2, -0.15) is 0 Å². The monoisotopic (exact) mass is 510 g/mol. The molecule has 1 aromatic carbocycles. The lowest BCUT2D eigenvalue weighted by atomic mass is 10.2. The van der Waals surface area contributed by atoms with Gasteiger partial charge in [-0.1, -0.05) is 37.7 Å². The molecule has 10 heteroatoms. The molecule has 0 aliphatic carbocycles. The highest BCUT2D eigenvalue weighted by molar-refractivity contribution is 7.99. The molecule has 5 rings (SSSR count). The predicted octanol–water partition coefficient (Wildman–Crippen LogP) is 4.53. The SMILES string of the molecule is COc1ccccc1N1CCN(C(=O)CSc2nnc3c4c(C)c(C)sc4nc(C(C)C)n23)CC1. The fraction of sp³-hybridized carbons (Fsp3) is 0.440. The number of piperazine rings is 1. The van der Waals surface area contributed by atoms with Crippen molar-refractivity contribution in [3.63, 3.8) is 0 Å². The lowest BCUT2D eigenvalue weighted by molar-refractivity contribution is -0.128. The summed E-state index contributed by atoms with van der Waals surface area (Å²) in [6.07, 6.45) is 0. The lowest BCUT2D eigenvalue weighted by Crippen LogP contribution is -2.49. The molecule has 1 saturated heterocycles. The molecule has 0 N–H and O–H groups in total. The summed E-state index contributed by atoms with van der Waals surface area (Å²) in [7, 11) is 1.69. The number of rotatable bonds is 6. The number of benzene rings is 1. The van der Waals surface area contributed by atoms with Crippen LogP contribution in [0.25, 0.3) is 15.9 Å². The van der Waals surface area contributed by atoms with Gasteiger partial charge in [0, 0.05) is 37.0 Å². The summed E-state index contributed by atoms with van der Waals surface area (Å²) in [6.45, 7) is 11.4. The van der Waals surface area contributed by atoms with Gasteiger partial charge >= 0.3 is 0 Å². The largest absolute Gasteiger partial charge is 0.495 e. The molecule has 1 amide bonds. The third-order valence-corrected chi connectivity index (χ3v) is 8.58. The van der Waals surface area contributed by atoms with E-state index in [0.29, 0.717) is 18.8 Å². The van der Waals surface area contributed by atoms with E-state index in [1.54, 1.807) is 18.4 Å². The average Bonchev–Trinajstić information content (AvgIpc) is 3.42. The zero-order valence-corrected chi connectivity index (χ0v) is 22.4. The van der Waals surface area contributed by atoms with Gasteiger partial charge in [0.2, 0.25) is 5.91 Å². The molecule has 4 heterocycles. The van der Waals surface area contributed by atoms with Crippen molar-refractivity contribution in [2.75, 3.05) is 43.9 Å². The predicted molar refractivity (Wildman–Crippen MR) is 142 cm³/mol. The van der Waals surface area contributed by atoms with Gasteiger partial charge in [-0.05, 0) is 31.5 Å². The van der Waals surface area contributed by atoms with Crippen LogP contribution in [0, 0.1) is 13.8 Å². The van der Waals surface area contributed by atoms with Crippen LogP contribution in [0.5, 0.6) is 5.75 Å². The molecule has 184 valence electrons. The van der Waals surface area contributed by atoms with E-state index in [1.807, 2.05) is 27.5 Å². The number of methoxy groups -OCH3 is 1. The molecular weight excluding hydrogens is 480 g/mol. The van der Waals surface area contributed by atoms with Gasteiger partial charge < -0.3 is 14.5 Å². The highest BCUT2D eigenvalue weighted by Crippen LogP contribution is 2.35. The standard InChI is InChI=1S/C25H30N6O2S2/c1-15(2)22-26-24-21(16(3)17(4)35-24)23-27-28-25(31(22)23)34-14-20(32)30-12-10-29(11-13-30)18-8-6-7-9-19(18)33-5/h6-9,15H,10-14H2,1-5H3. The van der Waals surface area contributed by atoms with Crippen molar-refractivity contribution < 1.29 is 9.53 Å². The van der Waals surface area contributed by atoms with Crippen LogP contribution >= 0.6 is 23.1 Å². The third kappa shape index (κ3) is 4.33. The Labute approximate surface area is 213 Å². The van der Waals surface area contributed by atoms with E-state index in [0.717, 1.165) is 51.4 Å². The van der Waals surface area contributed by atoms with Crippen LogP contribution in [-0.4, -0.2) is 69.4 Å². The number of aromatic nitrogens is 4. The van der Waals surface area contributed by atoms with E-state index in [2.05, 4.69) is 48.9 Å². The van der Waals surface area contributed by atoms with Crippen LogP contribution in [0.2, 0.25) is 0 Å².